The van der Waals surface area contributed by atoms with Crippen LogP contribution in [-0.2, 0) is 29.5 Å². The van der Waals surface area contributed by atoms with Crippen LogP contribution in [0.15, 0.2) is 54.1 Å². The number of ether oxygens (including phenoxy) is 2. The molecule has 1 saturated carbocycles. The predicted octanol–water partition coefficient (Wildman–Crippen LogP) is 4.12. The lowest BCUT2D eigenvalue weighted by Gasteiger charge is -2.56. The van der Waals surface area contributed by atoms with Gasteiger partial charge in [-0.05, 0) is 61.3 Å². The molecule has 0 bridgehead atoms. The number of esters is 2. The molecule has 13 heteroatoms. The molecular weight excluding hydrogens is 698 g/mol. The largest absolute Gasteiger partial charge is 0.454 e. The van der Waals surface area contributed by atoms with Gasteiger partial charge in [0, 0.05) is 64.6 Å². The number of benzene rings is 2. The fourth-order valence-corrected chi connectivity index (χ4v) is 10.0. The third-order valence-electron chi connectivity index (χ3n) is 12.5. The summed E-state index contributed by atoms with van der Waals surface area (Å²) >= 11 is 6.48. The second-order valence-corrected chi connectivity index (χ2v) is 16.1. The van der Waals surface area contributed by atoms with E-state index in [4.69, 9.17) is 25.9 Å². The number of para-hydroxylation sites is 2. The van der Waals surface area contributed by atoms with Crippen molar-refractivity contribution < 1.29 is 34.1 Å². The molecule has 3 N–H and O–H groups in total. The molecule has 3 aliphatic heterocycles. The molecule has 3 heterocycles. The van der Waals surface area contributed by atoms with Crippen LogP contribution in [0.3, 0.4) is 0 Å². The maximum absolute atomic E-state index is 14.2. The molecule has 2 aliphatic carbocycles. The summed E-state index contributed by atoms with van der Waals surface area (Å²) in [5, 5.41) is 39.5. The fourth-order valence-electron chi connectivity index (χ4n) is 9.72. The molecule has 2 aromatic carbocycles. The minimum absolute atomic E-state index is 0.0517. The second kappa shape index (κ2) is 14.5. The molecular formula is C40H50ClN5O7. The Bertz CT molecular complexity index is 1810. The van der Waals surface area contributed by atoms with Gasteiger partial charge < -0.3 is 24.6 Å². The SMILES string of the molecule is CC(=O)O[C@@H]1C(C)=C[C@@H]2[C@H](C(C)CN3CCN(c4ccccc4C#N)CC3)CC[C@@H](C)[C@]2(O)[C@H]1OC(=O)[C@@H]1C[C@@]2(O)c3cccc(Cl)c3N(C)O[C@H]2N1. The van der Waals surface area contributed by atoms with E-state index in [9.17, 15) is 25.1 Å². The Morgan fingerprint density at radius 2 is 1.85 bits per heavy atom. The number of nitriles is 1. The average Bonchev–Trinajstić information content (AvgIpc) is 3.48. The van der Waals surface area contributed by atoms with Crippen LogP contribution in [0.5, 0.6) is 0 Å². The molecule has 284 valence electrons. The topological polar surface area (TPSA) is 148 Å². The standard InChI is InChI=1S/C40H50ClN5O7/c1-23-19-30-28(24(2)22-45-15-17-46(18-16-45)33-12-7-6-9-27(33)21-42)14-13-25(3)40(30,50)36(35(23)51-26(4)47)52-37(48)32-20-39(49)29-10-8-11-31(41)34(29)44(5)53-38(39)43-32/h6-12,19,24-25,28,30,32,35-36,38,43,49-50H,13-18,20,22H2,1-5H3/t24?,25-,28+,30-,32+,35-,36+,38-,39-,40-/m1/s1. The van der Waals surface area contributed by atoms with E-state index in [1.165, 1.54) is 12.0 Å². The van der Waals surface area contributed by atoms with Crippen LogP contribution in [-0.4, -0.2) is 96.9 Å². The number of carbonyl (C=O) groups excluding carboxylic acids is 2. The molecule has 0 radical (unpaired) electrons. The van der Waals surface area contributed by atoms with Crippen molar-refractivity contribution in [3.8, 4) is 6.07 Å². The number of carbonyl (C=O) groups is 2. The van der Waals surface area contributed by atoms with Crippen LogP contribution in [0, 0.1) is 35.0 Å². The van der Waals surface area contributed by atoms with Crippen LogP contribution in [0.4, 0.5) is 11.4 Å². The molecule has 10 atom stereocenters. The van der Waals surface area contributed by atoms with Crippen LogP contribution >= 0.6 is 11.6 Å². The molecule has 3 fully saturated rings. The summed E-state index contributed by atoms with van der Waals surface area (Å²) in [5.41, 5.74) is 0.332. The van der Waals surface area contributed by atoms with E-state index in [2.05, 4.69) is 28.1 Å². The normalized spacial score (nSPS) is 34.5. The first-order valence-electron chi connectivity index (χ1n) is 18.7. The zero-order valence-electron chi connectivity index (χ0n) is 31.0. The third kappa shape index (κ3) is 6.59. The highest BCUT2D eigenvalue weighted by molar-refractivity contribution is 6.33. The lowest BCUT2D eigenvalue weighted by atomic mass is 9.55. The summed E-state index contributed by atoms with van der Waals surface area (Å²) in [4.78, 5) is 37.3. The summed E-state index contributed by atoms with van der Waals surface area (Å²) in [7, 11) is 1.69. The van der Waals surface area contributed by atoms with E-state index in [-0.39, 0.29) is 30.1 Å². The van der Waals surface area contributed by atoms with Crippen molar-refractivity contribution in [1.82, 2.24) is 10.2 Å². The smallest absolute Gasteiger partial charge is 0.323 e. The number of nitrogens with one attached hydrogen (secondary N) is 1. The number of hydrogen-bond donors (Lipinski definition) is 3. The summed E-state index contributed by atoms with van der Waals surface area (Å²) in [6.07, 6.45) is 0.477. The molecule has 7 rings (SSSR count). The van der Waals surface area contributed by atoms with Gasteiger partial charge in [0.1, 0.15) is 23.3 Å². The number of halogens is 1. The van der Waals surface area contributed by atoms with E-state index < -0.39 is 47.6 Å². The van der Waals surface area contributed by atoms with Crippen molar-refractivity contribution in [1.29, 1.82) is 5.26 Å². The summed E-state index contributed by atoms with van der Waals surface area (Å²) in [6, 6.07) is 14.3. The maximum atomic E-state index is 14.2. The van der Waals surface area contributed by atoms with Gasteiger partial charge in [-0.15, -0.1) is 0 Å². The summed E-state index contributed by atoms with van der Waals surface area (Å²) in [6.45, 7) is 11.5. The van der Waals surface area contributed by atoms with Gasteiger partial charge in [-0.3, -0.25) is 29.7 Å². The van der Waals surface area contributed by atoms with Crippen molar-refractivity contribution in [2.75, 3.05) is 49.7 Å². The molecule has 5 aliphatic rings. The number of piperazine rings is 1. The Morgan fingerprint density at radius 3 is 2.57 bits per heavy atom. The Labute approximate surface area is 316 Å². The molecule has 0 amide bonds. The van der Waals surface area contributed by atoms with Gasteiger partial charge in [-0.1, -0.05) is 55.8 Å². The van der Waals surface area contributed by atoms with Crippen molar-refractivity contribution in [3.05, 3.63) is 70.3 Å². The van der Waals surface area contributed by atoms with Crippen molar-refractivity contribution in [3.63, 3.8) is 0 Å². The predicted molar refractivity (Wildman–Crippen MR) is 199 cm³/mol. The zero-order valence-corrected chi connectivity index (χ0v) is 31.8. The Kier molecular flexibility index (Phi) is 10.3. The first-order chi connectivity index (χ1) is 25.3. The summed E-state index contributed by atoms with van der Waals surface area (Å²) in [5.74, 6) is -1.58. The first-order valence-corrected chi connectivity index (χ1v) is 19.1. The van der Waals surface area contributed by atoms with Gasteiger partial charge in [-0.2, -0.15) is 5.26 Å². The van der Waals surface area contributed by atoms with Gasteiger partial charge in [0.15, 0.2) is 18.4 Å². The fraction of sp³-hybridized carbons (Fsp3) is 0.575. The van der Waals surface area contributed by atoms with Crippen molar-refractivity contribution in [2.24, 2.45) is 23.7 Å². The quantitative estimate of drug-likeness (QED) is 0.277. The Morgan fingerprint density at radius 1 is 1.11 bits per heavy atom. The van der Waals surface area contributed by atoms with Gasteiger partial charge in [0.05, 0.1) is 22.0 Å². The van der Waals surface area contributed by atoms with Gasteiger partial charge >= 0.3 is 11.9 Å². The number of fused-ring (bicyclic) bond motifs is 4. The number of hydrogen-bond acceptors (Lipinski definition) is 12. The highest BCUT2D eigenvalue weighted by atomic mass is 35.5. The number of rotatable bonds is 7. The van der Waals surface area contributed by atoms with Crippen LogP contribution < -0.4 is 15.3 Å². The highest BCUT2D eigenvalue weighted by Crippen LogP contribution is 2.53. The molecule has 12 nitrogen and oxygen atoms in total. The first kappa shape index (κ1) is 37.6. The molecule has 53 heavy (non-hydrogen) atoms. The molecule has 2 aromatic rings. The highest BCUT2D eigenvalue weighted by Gasteiger charge is 2.62. The number of nitrogens with zero attached hydrogens (tertiary/aromatic N) is 4. The average molecular weight is 748 g/mol. The minimum atomic E-state index is -1.57. The van der Waals surface area contributed by atoms with E-state index in [1.807, 2.05) is 44.2 Å². The van der Waals surface area contributed by atoms with Gasteiger partial charge in [0.2, 0.25) is 0 Å². The minimum Gasteiger partial charge on any atom is -0.454 e. The van der Waals surface area contributed by atoms with E-state index >= 15 is 0 Å². The van der Waals surface area contributed by atoms with E-state index in [0.29, 0.717) is 28.3 Å². The second-order valence-electron chi connectivity index (χ2n) is 15.7. The van der Waals surface area contributed by atoms with E-state index in [0.717, 1.165) is 50.4 Å². The number of anilines is 2. The van der Waals surface area contributed by atoms with Crippen molar-refractivity contribution >= 4 is 34.9 Å². The van der Waals surface area contributed by atoms with Crippen LogP contribution in [0.1, 0.15) is 58.1 Å². The molecule has 0 aromatic heterocycles. The maximum Gasteiger partial charge on any atom is 0.323 e. The van der Waals surface area contributed by atoms with Crippen molar-refractivity contribution in [2.45, 2.75) is 82.6 Å². The number of hydroxylamine groups is 1. The Balaban J connectivity index is 1.10. The summed E-state index contributed by atoms with van der Waals surface area (Å²) < 4.78 is 12.1. The monoisotopic (exact) mass is 747 g/mol. The number of aliphatic hydroxyl groups is 2. The van der Waals surface area contributed by atoms with E-state index in [1.54, 1.807) is 25.2 Å². The molecule has 1 unspecified atom stereocenters. The third-order valence-corrected chi connectivity index (χ3v) is 12.8. The zero-order chi connectivity index (χ0) is 37.8. The van der Waals surface area contributed by atoms with Crippen LogP contribution in [0.2, 0.25) is 5.02 Å². The lowest BCUT2D eigenvalue weighted by molar-refractivity contribution is -0.225. The van der Waals surface area contributed by atoms with Gasteiger partial charge in [-0.25, -0.2) is 0 Å². The molecule has 2 saturated heterocycles. The van der Waals surface area contributed by atoms with Gasteiger partial charge in [0.25, 0.3) is 0 Å². The molecule has 0 spiro atoms. The lowest BCUT2D eigenvalue weighted by Crippen LogP contribution is -2.66. The van der Waals surface area contributed by atoms with Crippen LogP contribution in [0.25, 0.3) is 0 Å². The Hall–Kier alpha value is -3.70.